The molecular formula is C15H11BrN2O2S2. The van der Waals surface area contributed by atoms with Gasteiger partial charge < -0.3 is 4.74 Å². The predicted octanol–water partition coefficient (Wildman–Crippen LogP) is 4.90. The SMILES string of the molecule is COc1ccc(Br)c(C(=O)Nc2nc(-c3cccs3)cs2)c1. The first-order chi connectivity index (χ1) is 10.7. The maximum Gasteiger partial charge on any atom is 0.258 e. The second-order valence-corrected chi connectivity index (χ2v) is 6.98. The number of nitrogens with one attached hydrogen (secondary N) is 1. The number of rotatable bonds is 4. The van der Waals surface area contributed by atoms with Crippen LogP contribution in [0.3, 0.4) is 0 Å². The second-order valence-electron chi connectivity index (χ2n) is 4.32. The standard InChI is InChI=1S/C15H11BrN2O2S2/c1-20-9-4-5-11(16)10(7-9)14(19)18-15-17-12(8-22-15)13-3-2-6-21-13/h2-8H,1H3,(H,17,18,19). The van der Waals surface area contributed by atoms with E-state index in [1.165, 1.54) is 11.3 Å². The van der Waals surface area contributed by atoms with Crippen molar-refractivity contribution in [2.75, 3.05) is 12.4 Å². The Morgan fingerprint density at radius 2 is 2.18 bits per heavy atom. The highest BCUT2D eigenvalue weighted by molar-refractivity contribution is 9.10. The lowest BCUT2D eigenvalue weighted by Gasteiger charge is -2.06. The van der Waals surface area contributed by atoms with Crippen LogP contribution < -0.4 is 10.1 Å². The van der Waals surface area contributed by atoms with E-state index < -0.39 is 0 Å². The number of carbonyl (C=O) groups excluding carboxylic acids is 1. The summed E-state index contributed by atoms with van der Waals surface area (Å²) in [5, 5.41) is 7.33. The molecule has 0 bridgehead atoms. The van der Waals surface area contributed by atoms with Gasteiger partial charge in [-0.1, -0.05) is 6.07 Å². The van der Waals surface area contributed by atoms with Gasteiger partial charge in [0.15, 0.2) is 5.13 Å². The van der Waals surface area contributed by atoms with Crippen molar-refractivity contribution in [2.45, 2.75) is 0 Å². The third-order valence-corrected chi connectivity index (χ3v) is 5.26. The van der Waals surface area contributed by atoms with Gasteiger partial charge in [-0.05, 0) is 45.6 Å². The summed E-state index contributed by atoms with van der Waals surface area (Å²) in [5.41, 5.74) is 1.38. The molecule has 0 radical (unpaired) electrons. The van der Waals surface area contributed by atoms with Crippen LogP contribution in [-0.4, -0.2) is 18.0 Å². The van der Waals surface area contributed by atoms with Gasteiger partial charge in [0.05, 0.1) is 23.2 Å². The number of amides is 1. The van der Waals surface area contributed by atoms with Crippen molar-refractivity contribution in [1.82, 2.24) is 4.98 Å². The Bertz CT molecular complexity index is 800. The number of hydrogen-bond acceptors (Lipinski definition) is 5. The average Bonchev–Trinajstić information content (AvgIpc) is 3.18. The number of thiophene rings is 1. The van der Waals surface area contributed by atoms with E-state index in [2.05, 4.69) is 26.2 Å². The Labute approximate surface area is 143 Å². The van der Waals surface area contributed by atoms with Crippen molar-refractivity contribution in [2.24, 2.45) is 0 Å². The molecule has 112 valence electrons. The zero-order chi connectivity index (χ0) is 15.5. The summed E-state index contributed by atoms with van der Waals surface area (Å²) in [4.78, 5) is 17.9. The van der Waals surface area contributed by atoms with Crippen molar-refractivity contribution in [3.05, 3.63) is 51.1 Å². The number of benzene rings is 1. The summed E-state index contributed by atoms with van der Waals surface area (Å²) < 4.78 is 5.86. The van der Waals surface area contributed by atoms with Crippen LogP contribution in [-0.2, 0) is 0 Å². The van der Waals surface area contributed by atoms with Crippen LogP contribution in [0.15, 0.2) is 45.6 Å². The number of aromatic nitrogens is 1. The fraction of sp³-hybridized carbons (Fsp3) is 0.0667. The highest BCUT2D eigenvalue weighted by atomic mass is 79.9. The van der Waals surface area contributed by atoms with Gasteiger partial charge in [-0.15, -0.1) is 22.7 Å². The summed E-state index contributed by atoms with van der Waals surface area (Å²) >= 11 is 6.40. The van der Waals surface area contributed by atoms with Gasteiger partial charge in [-0.3, -0.25) is 10.1 Å². The number of thiazole rings is 1. The van der Waals surface area contributed by atoms with Crippen molar-refractivity contribution < 1.29 is 9.53 Å². The topological polar surface area (TPSA) is 51.2 Å². The van der Waals surface area contributed by atoms with E-state index in [1.807, 2.05) is 22.9 Å². The minimum atomic E-state index is -0.224. The van der Waals surface area contributed by atoms with Gasteiger partial charge in [0, 0.05) is 9.85 Å². The molecule has 3 aromatic rings. The molecule has 2 aromatic heterocycles. The van der Waals surface area contributed by atoms with E-state index in [0.29, 0.717) is 20.9 Å². The highest BCUT2D eigenvalue weighted by Crippen LogP contribution is 2.29. The fourth-order valence-corrected chi connectivity index (χ4v) is 3.73. The number of nitrogens with zero attached hydrogens (tertiary/aromatic N) is 1. The molecule has 2 heterocycles. The minimum absolute atomic E-state index is 0.224. The molecule has 4 nitrogen and oxygen atoms in total. The molecule has 0 saturated carbocycles. The smallest absolute Gasteiger partial charge is 0.258 e. The first-order valence-corrected chi connectivity index (χ1v) is 8.87. The largest absolute Gasteiger partial charge is 0.497 e. The molecule has 0 aliphatic heterocycles. The minimum Gasteiger partial charge on any atom is -0.497 e. The van der Waals surface area contributed by atoms with Crippen LogP contribution in [0.25, 0.3) is 10.6 Å². The van der Waals surface area contributed by atoms with Crippen LogP contribution in [0.4, 0.5) is 5.13 Å². The molecule has 0 saturated heterocycles. The summed E-state index contributed by atoms with van der Waals surface area (Å²) in [6, 6.07) is 9.24. The Balaban J connectivity index is 1.80. The third-order valence-electron chi connectivity index (χ3n) is 2.92. The molecule has 1 aromatic carbocycles. The lowest BCUT2D eigenvalue weighted by atomic mass is 10.2. The summed E-state index contributed by atoms with van der Waals surface area (Å²) in [5.74, 6) is 0.407. The second kappa shape index (κ2) is 6.60. The first kappa shape index (κ1) is 15.2. The average molecular weight is 395 g/mol. The predicted molar refractivity (Wildman–Crippen MR) is 94.1 cm³/mol. The normalized spacial score (nSPS) is 10.5. The molecule has 1 N–H and O–H groups in total. The molecular weight excluding hydrogens is 384 g/mol. The van der Waals surface area contributed by atoms with Crippen LogP contribution in [0, 0.1) is 0 Å². The van der Waals surface area contributed by atoms with Crippen LogP contribution in [0.5, 0.6) is 5.75 Å². The molecule has 1 amide bonds. The molecule has 0 aliphatic rings. The molecule has 0 aliphatic carbocycles. The van der Waals surface area contributed by atoms with Gasteiger partial charge in [0.25, 0.3) is 5.91 Å². The highest BCUT2D eigenvalue weighted by Gasteiger charge is 2.14. The van der Waals surface area contributed by atoms with E-state index >= 15 is 0 Å². The summed E-state index contributed by atoms with van der Waals surface area (Å²) in [6.45, 7) is 0. The molecule has 0 atom stereocenters. The van der Waals surface area contributed by atoms with E-state index in [4.69, 9.17) is 4.74 Å². The van der Waals surface area contributed by atoms with Crippen molar-refractivity contribution in [3.63, 3.8) is 0 Å². The number of anilines is 1. The van der Waals surface area contributed by atoms with Crippen molar-refractivity contribution in [3.8, 4) is 16.3 Å². The van der Waals surface area contributed by atoms with Gasteiger partial charge in [0.2, 0.25) is 0 Å². The van der Waals surface area contributed by atoms with E-state index in [0.717, 1.165) is 10.6 Å². The number of halogens is 1. The number of methoxy groups -OCH3 is 1. The van der Waals surface area contributed by atoms with Crippen LogP contribution >= 0.6 is 38.6 Å². The molecule has 0 spiro atoms. The molecule has 3 rings (SSSR count). The lowest BCUT2D eigenvalue weighted by molar-refractivity contribution is 0.102. The van der Waals surface area contributed by atoms with Crippen LogP contribution in [0.2, 0.25) is 0 Å². The Morgan fingerprint density at radius 3 is 2.91 bits per heavy atom. The van der Waals surface area contributed by atoms with Crippen molar-refractivity contribution in [1.29, 1.82) is 0 Å². The fourth-order valence-electron chi connectivity index (χ4n) is 1.84. The van der Waals surface area contributed by atoms with Crippen molar-refractivity contribution >= 4 is 49.6 Å². The maximum atomic E-state index is 12.4. The quantitative estimate of drug-likeness (QED) is 0.684. The van der Waals surface area contributed by atoms with Gasteiger partial charge in [0.1, 0.15) is 5.75 Å². The van der Waals surface area contributed by atoms with Gasteiger partial charge in [-0.2, -0.15) is 0 Å². The molecule has 22 heavy (non-hydrogen) atoms. The number of carbonyl (C=O) groups is 1. The zero-order valence-electron chi connectivity index (χ0n) is 11.5. The molecule has 7 heteroatoms. The third kappa shape index (κ3) is 3.21. The van der Waals surface area contributed by atoms with Crippen LogP contribution in [0.1, 0.15) is 10.4 Å². The number of ether oxygens (including phenoxy) is 1. The summed E-state index contributed by atoms with van der Waals surface area (Å²) in [7, 11) is 1.57. The number of hydrogen-bond donors (Lipinski definition) is 1. The summed E-state index contributed by atoms with van der Waals surface area (Å²) in [6.07, 6.45) is 0. The molecule has 0 unspecified atom stereocenters. The zero-order valence-corrected chi connectivity index (χ0v) is 14.7. The monoisotopic (exact) mass is 394 g/mol. The van der Waals surface area contributed by atoms with Gasteiger partial charge >= 0.3 is 0 Å². The molecule has 0 fully saturated rings. The Hall–Kier alpha value is -1.70. The lowest BCUT2D eigenvalue weighted by Crippen LogP contribution is -2.12. The first-order valence-electron chi connectivity index (χ1n) is 6.31. The Morgan fingerprint density at radius 1 is 1.32 bits per heavy atom. The maximum absolute atomic E-state index is 12.4. The van der Waals surface area contributed by atoms with E-state index in [1.54, 1.807) is 36.6 Å². The van der Waals surface area contributed by atoms with E-state index in [-0.39, 0.29) is 5.91 Å². The Kier molecular flexibility index (Phi) is 4.56. The van der Waals surface area contributed by atoms with E-state index in [9.17, 15) is 4.79 Å². The van der Waals surface area contributed by atoms with Gasteiger partial charge in [-0.25, -0.2) is 4.98 Å².